The number of para-hydroxylation sites is 1. The molecule has 0 spiro atoms. The van der Waals surface area contributed by atoms with E-state index >= 15 is 0 Å². The van der Waals surface area contributed by atoms with Crippen LogP contribution in [0.1, 0.15) is 36.0 Å². The van der Waals surface area contributed by atoms with Gasteiger partial charge in [-0.15, -0.1) is 0 Å². The van der Waals surface area contributed by atoms with E-state index < -0.39 is 0 Å². The van der Waals surface area contributed by atoms with Crippen LogP contribution in [0.25, 0.3) is 0 Å². The van der Waals surface area contributed by atoms with Crippen LogP contribution in [0.4, 0.5) is 5.69 Å². The first-order valence-corrected chi connectivity index (χ1v) is 7.74. The SMILES string of the molecule is O=C(CC1CCCCN1c1ccccc1)c1ccccc1. The molecule has 0 radical (unpaired) electrons. The van der Waals surface area contributed by atoms with Crippen LogP contribution in [-0.4, -0.2) is 18.4 Å². The summed E-state index contributed by atoms with van der Waals surface area (Å²) in [5.74, 6) is 0.253. The van der Waals surface area contributed by atoms with Gasteiger partial charge in [0, 0.05) is 30.3 Å². The van der Waals surface area contributed by atoms with Crippen LogP contribution in [-0.2, 0) is 0 Å². The zero-order valence-corrected chi connectivity index (χ0v) is 12.2. The molecule has 0 bridgehead atoms. The molecule has 3 rings (SSSR count). The predicted molar refractivity (Wildman–Crippen MR) is 86.8 cm³/mol. The van der Waals surface area contributed by atoms with Crippen molar-refractivity contribution in [2.24, 2.45) is 0 Å². The second-order valence-corrected chi connectivity index (χ2v) is 5.67. The summed E-state index contributed by atoms with van der Waals surface area (Å²) in [4.78, 5) is 14.9. The Morgan fingerprint density at radius 2 is 1.62 bits per heavy atom. The Hall–Kier alpha value is -2.09. The molecule has 0 saturated carbocycles. The summed E-state index contributed by atoms with van der Waals surface area (Å²) in [6.45, 7) is 1.05. The lowest BCUT2D eigenvalue weighted by Gasteiger charge is -2.37. The van der Waals surface area contributed by atoms with Crippen molar-refractivity contribution in [2.45, 2.75) is 31.7 Å². The van der Waals surface area contributed by atoms with Gasteiger partial charge in [-0.25, -0.2) is 0 Å². The number of anilines is 1. The fourth-order valence-corrected chi connectivity index (χ4v) is 3.13. The Morgan fingerprint density at radius 3 is 2.33 bits per heavy atom. The number of Topliss-reactive ketones (excluding diaryl/α,β-unsaturated/α-hetero) is 1. The highest BCUT2D eigenvalue weighted by Crippen LogP contribution is 2.27. The molecule has 1 atom stereocenters. The summed E-state index contributed by atoms with van der Waals surface area (Å²) in [7, 11) is 0. The number of piperidine rings is 1. The third-order valence-electron chi connectivity index (χ3n) is 4.23. The maximum Gasteiger partial charge on any atom is 0.164 e. The number of rotatable bonds is 4. The van der Waals surface area contributed by atoms with Gasteiger partial charge in [-0.2, -0.15) is 0 Å². The molecule has 21 heavy (non-hydrogen) atoms. The summed E-state index contributed by atoms with van der Waals surface area (Å²) in [5, 5.41) is 0. The minimum absolute atomic E-state index is 0.253. The number of ketones is 1. The molecule has 0 aliphatic carbocycles. The van der Waals surface area contributed by atoms with E-state index in [9.17, 15) is 4.79 Å². The van der Waals surface area contributed by atoms with Gasteiger partial charge >= 0.3 is 0 Å². The summed E-state index contributed by atoms with van der Waals surface area (Å²) >= 11 is 0. The quantitative estimate of drug-likeness (QED) is 0.777. The molecule has 1 aliphatic heterocycles. The normalized spacial score (nSPS) is 18.5. The van der Waals surface area contributed by atoms with Crippen molar-refractivity contribution in [3.8, 4) is 0 Å². The van der Waals surface area contributed by atoms with E-state index in [2.05, 4.69) is 29.2 Å². The maximum absolute atomic E-state index is 12.5. The van der Waals surface area contributed by atoms with Gasteiger partial charge in [0.05, 0.1) is 0 Å². The van der Waals surface area contributed by atoms with Crippen molar-refractivity contribution in [3.63, 3.8) is 0 Å². The van der Waals surface area contributed by atoms with Crippen LogP contribution in [0.3, 0.4) is 0 Å². The first-order chi connectivity index (χ1) is 10.3. The smallest absolute Gasteiger partial charge is 0.164 e. The van der Waals surface area contributed by atoms with Crippen LogP contribution >= 0.6 is 0 Å². The van der Waals surface area contributed by atoms with Crippen molar-refractivity contribution in [3.05, 3.63) is 66.2 Å². The monoisotopic (exact) mass is 279 g/mol. The van der Waals surface area contributed by atoms with Crippen LogP contribution < -0.4 is 4.90 Å². The molecule has 0 N–H and O–H groups in total. The molecule has 2 nitrogen and oxygen atoms in total. The highest BCUT2D eigenvalue weighted by atomic mass is 16.1. The molecule has 2 heteroatoms. The van der Waals surface area contributed by atoms with Crippen LogP contribution in [0.2, 0.25) is 0 Å². The summed E-state index contributed by atoms with van der Waals surface area (Å²) in [5.41, 5.74) is 2.07. The molecule has 2 aromatic rings. The Kier molecular flexibility index (Phi) is 4.34. The minimum atomic E-state index is 0.253. The number of nitrogens with zero attached hydrogens (tertiary/aromatic N) is 1. The van der Waals surface area contributed by atoms with Gasteiger partial charge < -0.3 is 4.90 Å². The van der Waals surface area contributed by atoms with Crippen molar-refractivity contribution < 1.29 is 4.79 Å². The number of hydrogen-bond acceptors (Lipinski definition) is 2. The molecule has 1 heterocycles. The van der Waals surface area contributed by atoms with E-state index in [4.69, 9.17) is 0 Å². The molecule has 1 saturated heterocycles. The molecule has 1 fully saturated rings. The van der Waals surface area contributed by atoms with Gasteiger partial charge in [-0.3, -0.25) is 4.79 Å². The lowest BCUT2D eigenvalue weighted by molar-refractivity contribution is 0.0969. The predicted octanol–water partition coefficient (Wildman–Crippen LogP) is 4.32. The number of carbonyl (C=O) groups excluding carboxylic acids is 1. The first kappa shape index (κ1) is 13.9. The van der Waals surface area contributed by atoms with Gasteiger partial charge in [0.1, 0.15) is 0 Å². The van der Waals surface area contributed by atoms with E-state index in [0.29, 0.717) is 12.5 Å². The van der Waals surface area contributed by atoms with Crippen molar-refractivity contribution in [1.82, 2.24) is 0 Å². The number of hydrogen-bond donors (Lipinski definition) is 0. The zero-order valence-electron chi connectivity index (χ0n) is 12.2. The van der Waals surface area contributed by atoms with E-state index in [1.54, 1.807) is 0 Å². The van der Waals surface area contributed by atoms with Crippen LogP contribution in [0.5, 0.6) is 0 Å². The number of benzene rings is 2. The Balaban J connectivity index is 1.75. The van der Waals surface area contributed by atoms with E-state index in [-0.39, 0.29) is 5.78 Å². The second-order valence-electron chi connectivity index (χ2n) is 5.67. The van der Waals surface area contributed by atoms with E-state index in [1.165, 1.54) is 18.5 Å². The molecule has 108 valence electrons. The van der Waals surface area contributed by atoms with Gasteiger partial charge in [-0.1, -0.05) is 48.5 Å². The molecule has 2 aromatic carbocycles. The van der Waals surface area contributed by atoms with E-state index in [1.807, 2.05) is 36.4 Å². The maximum atomic E-state index is 12.5. The standard InChI is InChI=1S/C19H21NO/c21-19(16-9-3-1-4-10-16)15-18-13-7-8-14-20(18)17-11-5-2-6-12-17/h1-6,9-12,18H,7-8,13-15H2. The third-order valence-corrected chi connectivity index (χ3v) is 4.23. The summed E-state index contributed by atoms with van der Waals surface area (Å²) in [6.07, 6.45) is 4.15. The molecule has 1 aliphatic rings. The minimum Gasteiger partial charge on any atom is -0.368 e. The number of carbonyl (C=O) groups is 1. The Bertz CT molecular complexity index is 579. The molecule has 1 unspecified atom stereocenters. The topological polar surface area (TPSA) is 20.3 Å². The third kappa shape index (κ3) is 3.33. The Morgan fingerprint density at radius 1 is 0.952 bits per heavy atom. The fourth-order valence-electron chi connectivity index (χ4n) is 3.13. The van der Waals surface area contributed by atoms with Gasteiger partial charge in [-0.05, 0) is 31.4 Å². The highest BCUT2D eigenvalue weighted by molar-refractivity contribution is 5.96. The average Bonchev–Trinajstić information content (AvgIpc) is 2.57. The van der Waals surface area contributed by atoms with E-state index in [0.717, 1.165) is 18.5 Å². The van der Waals surface area contributed by atoms with Gasteiger partial charge in [0.15, 0.2) is 5.78 Å². The molecular formula is C19H21NO. The summed E-state index contributed by atoms with van der Waals surface area (Å²) in [6, 6.07) is 20.4. The molecule has 0 amide bonds. The molecule has 0 aromatic heterocycles. The summed E-state index contributed by atoms with van der Waals surface area (Å²) < 4.78 is 0. The van der Waals surface area contributed by atoms with Crippen molar-refractivity contribution >= 4 is 11.5 Å². The van der Waals surface area contributed by atoms with Crippen molar-refractivity contribution in [2.75, 3.05) is 11.4 Å². The van der Waals surface area contributed by atoms with Gasteiger partial charge in [0.2, 0.25) is 0 Å². The lowest BCUT2D eigenvalue weighted by Crippen LogP contribution is -2.40. The zero-order chi connectivity index (χ0) is 14.5. The Labute approximate surface area is 126 Å². The fraction of sp³-hybridized carbons (Fsp3) is 0.316. The van der Waals surface area contributed by atoms with Crippen LogP contribution in [0.15, 0.2) is 60.7 Å². The first-order valence-electron chi connectivity index (χ1n) is 7.74. The average molecular weight is 279 g/mol. The van der Waals surface area contributed by atoms with Crippen LogP contribution in [0, 0.1) is 0 Å². The second kappa shape index (κ2) is 6.57. The largest absolute Gasteiger partial charge is 0.368 e. The molecular weight excluding hydrogens is 258 g/mol. The van der Waals surface area contributed by atoms with Crippen molar-refractivity contribution in [1.29, 1.82) is 0 Å². The highest BCUT2D eigenvalue weighted by Gasteiger charge is 2.25. The lowest BCUT2D eigenvalue weighted by atomic mass is 9.94. The van der Waals surface area contributed by atoms with Gasteiger partial charge in [0.25, 0.3) is 0 Å².